The number of ether oxygens (including phenoxy) is 2. The molecular formula is C23H27N3O5. The van der Waals surface area contributed by atoms with Gasteiger partial charge in [0.25, 0.3) is 11.8 Å². The van der Waals surface area contributed by atoms with Crippen LogP contribution in [0.25, 0.3) is 0 Å². The average Bonchev–Trinajstić information content (AvgIpc) is 2.77. The van der Waals surface area contributed by atoms with Crippen molar-refractivity contribution in [2.45, 2.75) is 19.3 Å². The number of amides is 3. The minimum absolute atomic E-state index is 0.0464. The van der Waals surface area contributed by atoms with Gasteiger partial charge in [-0.15, -0.1) is 0 Å². The standard InChI is InChI=1S/C23H27N3O5/c1-25(2)22(28)15-31-18-8-6-7-16(13-18)23(29)24-17-10-11-20(30-3)19(14-17)26-12-5-4-9-21(26)27/h6-8,10-11,13-14H,4-5,9,12,15H2,1-3H3,(H,24,29). The molecule has 1 saturated heterocycles. The molecule has 0 spiro atoms. The van der Waals surface area contributed by atoms with Gasteiger partial charge in [0.05, 0.1) is 12.8 Å². The second-order valence-corrected chi connectivity index (χ2v) is 7.45. The number of carbonyl (C=O) groups excluding carboxylic acids is 3. The predicted molar refractivity (Wildman–Crippen MR) is 118 cm³/mol. The smallest absolute Gasteiger partial charge is 0.259 e. The lowest BCUT2D eigenvalue weighted by Crippen LogP contribution is -2.35. The highest BCUT2D eigenvalue weighted by Crippen LogP contribution is 2.33. The van der Waals surface area contributed by atoms with Crippen molar-refractivity contribution in [1.82, 2.24) is 4.90 Å². The zero-order chi connectivity index (χ0) is 22.4. The largest absolute Gasteiger partial charge is 0.495 e. The van der Waals surface area contributed by atoms with Crippen molar-refractivity contribution in [3.8, 4) is 11.5 Å². The topological polar surface area (TPSA) is 88.2 Å². The van der Waals surface area contributed by atoms with Crippen LogP contribution < -0.4 is 19.7 Å². The summed E-state index contributed by atoms with van der Waals surface area (Å²) < 4.78 is 10.9. The van der Waals surface area contributed by atoms with E-state index in [1.54, 1.807) is 68.6 Å². The normalized spacial score (nSPS) is 13.5. The summed E-state index contributed by atoms with van der Waals surface area (Å²) >= 11 is 0. The number of likely N-dealkylation sites (N-methyl/N-ethyl adjacent to an activating group) is 1. The van der Waals surface area contributed by atoms with Gasteiger partial charge in [-0.2, -0.15) is 0 Å². The van der Waals surface area contributed by atoms with E-state index in [0.717, 1.165) is 12.8 Å². The maximum Gasteiger partial charge on any atom is 0.259 e. The monoisotopic (exact) mass is 425 g/mol. The first-order chi connectivity index (χ1) is 14.9. The molecule has 0 aliphatic carbocycles. The van der Waals surface area contributed by atoms with E-state index in [1.165, 1.54) is 4.90 Å². The van der Waals surface area contributed by atoms with Crippen LogP contribution in [-0.4, -0.2) is 57.0 Å². The third kappa shape index (κ3) is 5.53. The summed E-state index contributed by atoms with van der Waals surface area (Å²) in [6.07, 6.45) is 2.31. The molecule has 0 aromatic heterocycles. The van der Waals surface area contributed by atoms with Gasteiger partial charge in [-0.1, -0.05) is 6.07 Å². The van der Waals surface area contributed by atoms with Crippen LogP contribution in [0.2, 0.25) is 0 Å². The van der Waals surface area contributed by atoms with Gasteiger partial charge in [-0.25, -0.2) is 0 Å². The summed E-state index contributed by atoms with van der Waals surface area (Å²) in [5.74, 6) is 0.551. The Kier molecular flexibility index (Phi) is 7.12. The van der Waals surface area contributed by atoms with Crippen molar-refractivity contribution >= 4 is 29.1 Å². The highest BCUT2D eigenvalue weighted by Gasteiger charge is 2.23. The average molecular weight is 425 g/mol. The fourth-order valence-corrected chi connectivity index (χ4v) is 3.24. The molecule has 164 valence electrons. The van der Waals surface area contributed by atoms with Gasteiger partial charge in [0.2, 0.25) is 5.91 Å². The van der Waals surface area contributed by atoms with Crippen molar-refractivity contribution < 1.29 is 23.9 Å². The SMILES string of the molecule is COc1ccc(NC(=O)c2cccc(OCC(=O)N(C)C)c2)cc1N1CCCCC1=O. The minimum atomic E-state index is -0.328. The van der Waals surface area contributed by atoms with Crippen molar-refractivity contribution in [3.63, 3.8) is 0 Å². The summed E-state index contributed by atoms with van der Waals surface area (Å²) in [6.45, 7) is 0.515. The molecule has 1 fully saturated rings. The zero-order valence-corrected chi connectivity index (χ0v) is 18.0. The molecule has 3 amide bonds. The number of benzene rings is 2. The van der Waals surface area contributed by atoms with Gasteiger partial charge >= 0.3 is 0 Å². The van der Waals surface area contributed by atoms with E-state index in [-0.39, 0.29) is 24.3 Å². The summed E-state index contributed by atoms with van der Waals surface area (Å²) in [5.41, 5.74) is 1.58. The molecule has 0 unspecified atom stereocenters. The lowest BCUT2D eigenvalue weighted by molar-refractivity contribution is -0.130. The molecule has 0 bridgehead atoms. The van der Waals surface area contributed by atoms with Gasteiger partial charge in [-0.3, -0.25) is 14.4 Å². The molecule has 1 heterocycles. The van der Waals surface area contributed by atoms with Crippen LogP contribution in [0.3, 0.4) is 0 Å². The Bertz CT molecular complexity index is 973. The van der Waals surface area contributed by atoms with Crippen molar-refractivity contribution in [2.75, 3.05) is 44.6 Å². The molecule has 3 rings (SSSR count). The number of rotatable bonds is 7. The van der Waals surface area contributed by atoms with Crippen LogP contribution in [0.5, 0.6) is 11.5 Å². The van der Waals surface area contributed by atoms with E-state index < -0.39 is 0 Å². The fourth-order valence-electron chi connectivity index (χ4n) is 3.24. The van der Waals surface area contributed by atoms with Gasteiger partial charge in [0.15, 0.2) is 6.61 Å². The predicted octanol–water partition coefficient (Wildman–Crippen LogP) is 2.93. The Morgan fingerprint density at radius 1 is 1.13 bits per heavy atom. The van der Waals surface area contributed by atoms with E-state index in [0.29, 0.717) is 41.4 Å². The summed E-state index contributed by atoms with van der Waals surface area (Å²) in [5, 5.41) is 2.85. The van der Waals surface area contributed by atoms with Crippen LogP contribution in [0.4, 0.5) is 11.4 Å². The van der Waals surface area contributed by atoms with Crippen molar-refractivity contribution in [2.24, 2.45) is 0 Å². The molecule has 8 nitrogen and oxygen atoms in total. The molecule has 31 heavy (non-hydrogen) atoms. The quantitative estimate of drug-likeness (QED) is 0.737. The first-order valence-electron chi connectivity index (χ1n) is 10.1. The van der Waals surface area contributed by atoms with Gasteiger partial charge < -0.3 is 24.6 Å². The Balaban J connectivity index is 1.74. The molecule has 2 aromatic rings. The fraction of sp³-hybridized carbons (Fsp3) is 0.348. The first-order valence-corrected chi connectivity index (χ1v) is 10.1. The Morgan fingerprint density at radius 2 is 1.94 bits per heavy atom. The summed E-state index contributed by atoms with van der Waals surface area (Å²) in [6, 6.07) is 11.8. The lowest BCUT2D eigenvalue weighted by atomic mass is 10.1. The van der Waals surface area contributed by atoms with E-state index in [9.17, 15) is 14.4 Å². The number of hydrogen-bond acceptors (Lipinski definition) is 5. The molecule has 2 aromatic carbocycles. The van der Waals surface area contributed by atoms with Gasteiger partial charge in [0, 0.05) is 38.3 Å². The second kappa shape index (κ2) is 9.97. The zero-order valence-electron chi connectivity index (χ0n) is 18.0. The maximum absolute atomic E-state index is 12.8. The molecule has 0 radical (unpaired) electrons. The molecular weight excluding hydrogens is 398 g/mol. The van der Waals surface area contributed by atoms with Gasteiger partial charge in [0.1, 0.15) is 11.5 Å². The van der Waals surface area contributed by atoms with Crippen LogP contribution in [-0.2, 0) is 9.59 Å². The Morgan fingerprint density at radius 3 is 2.65 bits per heavy atom. The highest BCUT2D eigenvalue weighted by molar-refractivity contribution is 6.05. The highest BCUT2D eigenvalue weighted by atomic mass is 16.5. The van der Waals surface area contributed by atoms with Crippen LogP contribution >= 0.6 is 0 Å². The van der Waals surface area contributed by atoms with Crippen molar-refractivity contribution in [1.29, 1.82) is 0 Å². The molecule has 8 heteroatoms. The molecule has 1 N–H and O–H groups in total. The number of nitrogens with zero attached hydrogens (tertiary/aromatic N) is 2. The number of carbonyl (C=O) groups is 3. The van der Waals surface area contributed by atoms with Crippen LogP contribution in [0.1, 0.15) is 29.6 Å². The Labute approximate surface area is 181 Å². The maximum atomic E-state index is 12.8. The summed E-state index contributed by atoms with van der Waals surface area (Å²) in [4.78, 5) is 39.9. The van der Waals surface area contributed by atoms with Crippen LogP contribution in [0, 0.1) is 0 Å². The number of anilines is 2. The third-order valence-corrected chi connectivity index (χ3v) is 5.01. The van der Waals surface area contributed by atoms with E-state index in [1.807, 2.05) is 0 Å². The molecule has 0 saturated carbocycles. The Hall–Kier alpha value is -3.55. The number of hydrogen-bond donors (Lipinski definition) is 1. The van der Waals surface area contributed by atoms with E-state index in [4.69, 9.17) is 9.47 Å². The molecule has 1 aliphatic heterocycles. The second-order valence-electron chi connectivity index (χ2n) is 7.45. The number of methoxy groups -OCH3 is 1. The van der Waals surface area contributed by atoms with E-state index in [2.05, 4.69) is 5.32 Å². The molecule has 1 aliphatic rings. The third-order valence-electron chi connectivity index (χ3n) is 5.01. The summed E-state index contributed by atoms with van der Waals surface area (Å²) in [7, 11) is 4.85. The number of piperidine rings is 1. The van der Waals surface area contributed by atoms with E-state index >= 15 is 0 Å². The van der Waals surface area contributed by atoms with Crippen LogP contribution in [0.15, 0.2) is 42.5 Å². The van der Waals surface area contributed by atoms with Gasteiger partial charge in [-0.05, 0) is 49.2 Å². The number of nitrogens with one attached hydrogen (secondary N) is 1. The van der Waals surface area contributed by atoms with Crippen molar-refractivity contribution in [3.05, 3.63) is 48.0 Å². The minimum Gasteiger partial charge on any atom is -0.495 e. The molecule has 0 atom stereocenters. The first kappa shape index (κ1) is 22.1. The lowest BCUT2D eigenvalue weighted by Gasteiger charge is -2.28.